The van der Waals surface area contributed by atoms with Crippen molar-refractivity contribution < 1.29 is 4.79 Å². The summed E-state index contributed by atoms with van der Waals surface area (Å²) < 4.78 is 0. The van der Waals surface area contributed by atoms with Gasteiger partial charge < -0.3 is 0 Å². The topological polar surface area (TPSA) is 17.1 Å². The summed E-state index contributed by atoms with van der Waals surface area (Å²) in [6.07, 6.45) is 1.80. The van der Waals surface area contributed by atoms with Gasteiger partial charge in [-0.15, -0.1) is 0 Å². The molecule has 0 aliphatic rings. The fraction of sp³-hybridized carbons (Fsp3) is 0.625. The van der Waals surface area contributed by atoms with E-state index in [0.29, 0.717) is 5.57 Å². The summed E-state index contributed by atoms with van der Waals surface area (Å²) in [4.78, 5) is 10.9. The number of allylic oxidation sites excluding steroid dienone is 1. The number of carbonyl (C=O) groups is 1. The molecule has 0 fully saturated rings. The molecule has 0 bridgehead atoms. The predicted molar refractivity (Wildman–Crippen MR) is 48.3 cm³/mol. The van der Waals surface area contributed by atoms with E-state index in [1.54, 1.807) is 6.92 Å². The number of ketones is 1. The maximum atomic E-state index is 10.9. The predicted octanol–water partition coefficient (Wildman–Crippen LogP) is 1.55. The lowest BCUT2D eigenvalue weighted by atomic mass is 10.1. The second-order valence-corrected chi connectivity index (χ2v) is 4.37. The molecule has 2 heteroatoms. The molecule has 0 saturated heterocycles. The second-order valence-electron chi connectivity index (χ2n) is 2.66. The Hall–Kier alpha value is -0.373. The van der Waals surface area contributed by atoms with Crippen molar-refractivity contribution in [3.63, 3.8) is 0 Å². The molecule has 0 spiro atoms. The Balaban J connectivity index is 3.31. The summed E-state index contributed by atoms with van der Waals surface area (Å²) in [5.74, 6) is 0.238. The molecule has 0 aliphatic carbocycles. The first-order valence-corrected chi connectivity index (χ1v) is 6.28. The van der Waals surface area contributed by atoms with Crippen molar-refractivity contribution in [3.8, 4) is 0 Å². The van der Waals surface area contributed by atoms with Crippen LogP contribution in [0.2, 0.25) is 12.6 Å². The van der Waals surface area contributed by atoms with Crippen molar-refractivity contribution in [2.24, 2.45) is 0 Å². The maximum Gasteiger partial charge on any atom is 0.157 e. The van der Waals surface area contributed by atoms with Crippen LogP contribution in [0.3, 0.4) is 0 Å². The third-order valence-corrected chi connectivity index (χ3v) is 2.69. The van der Waals surface area contributed by atoms with E-state index in [0.717, 1.165) is 12.8 Å². The zero-order valence-corrected chi connectivity index (χ0v) is 8.36. The van der Waals surface area contributed by atoms with E-state index >= 15 is 0 Å². The highest BCUT2D eigenvalue weighted by Gasteiger charge is 1.99. The highest BCUT2D eigenvalue weighted by atomic mass is 28.2. The number of hydrogen-bond acceptors (Lipinski definition) is 1. The van der Waals surface area contributed by atoms with Gasteiger partial charge in [0.15, 0.2) is 5.78 Å². The highest BCUT2D eigenvalue weighted by Crippen LogP contribution is 2.01. The Kier molecular flexibility index (Phi) is 5.21. The van der Waals surface area contributed by atoms with Crippen LogP contribution >= 0.6 is 0 Å². The standard InChI is InChI=1S/C8H16OSi/c1-7(2)8(9)5-4-6-10-3/h1,4-6,10H2,2-3H3. The van der Waals surface area contributed by atoms with Crippen LogP contribution in [-0.4, -0.2) is 15.3 Å². The minimum absolute atomic E-state index is 0.165. The Morgan fingerprint density at radius 3 is 2.60 bits per heavy atom. The zero-order valence-electron chi connectivity index (χ0n) is 6.94. The van der Waals surface area contributed by atoms with Crippen molar-refractivity contribution in [2.75, 3.05) is 0 Å². The van der Waals surface area contributed by atoms with Crippen LogP contribution in [0.1, 0.15) is 19.8 Å². The van der Waals surface area contributed by atoms with E-state index in [1.165, 1.54) is 6.04 Å². The molecule has 0 aromatic rings. The molecule has 1 nitrogen and oxygen atoms in total. The molecule has 0 aromatic carbocycles. The van der Waals surface area contributed by atoms with Gasteiger partial charge in [-0.25, -0.2) is 0 Å². The van der Waals surface area contributed by atoms with Gasteiger partial charge in [0, 0.05) is 15.9 Å². The lowest BCUT2D eigenvalue weighted by molar-refractivity contribution is -0.115. The number of rotatable bonds is 5. The van der Waals surface area contributed by atoms with Crippen LogP contribution in [-0.2, 0) is 4.79 Å². The molecule has 0 aliphatic heterocycles. The Morgan fingerprint density at radius 1 is 1.60 bits per heavy atom. The summed E-state index contributed by atoms with van der Waals surface area (Å²) >= 11 is 0. The van der Waals surface area contributed by atoms with E-state index in [1.807, 2.05) is 0 Å². The molecule has 0 aromatic heterocycles. The van der Waals surface area contributed by atoms with Crippen molar-refractivity contribution in [1.82, 2.24) is 0 Å². The van der Waals surface area contributed by atoms with Crippen molar-refractivity contribution >= 4 is 15.3 Å². The molecule has 0 heterocycles. The first kappa shape index (κ1) is 9.63. The van der Waals surface area contributed by atoms with Crippen LogP contribution in [0.15, 0.2) is 12.2 Å². The van der Waals surface area contributed by atoms with Gasteiger partial charge in [0.2, 0.25) is 0 Å². The van der Waals surface area contributed by atoms with E-state index in [-0.39, 0.29) is 15.3 Å². The minimum Gasteiger partial charge on any atom is -0.295 e. The van der Waals surface area contributed by atoms with Crippen molar-refractivity contribution in [1.29, 1.82) is 0 Å². The van der Waals surface area contributed by atoms with E-state index in [2.05, 4.69) is 13.1 Å². The normalized spacial score (nSPS) is 10.6. The summed E-state index contributed by atoms with van der Waals surface area (Å²) in [7, 11) is 0.165. The van der Waals surface area contributed by atoms with Gasteiger partial charge in [-0.05, 0) is 18.9 Å². The quantitative estimate of drug-likeness (QED) is 0.335. The van der Waals surface area contributed by atoms with Crippen LogP contribution in [0.25, 0.3) is 0 Å². The monoisotopic (exact) mass is 156 g/mol. The van der Waals surface area contributed by atoms with Crippen molar-refractivity contribution in [2.45, 2.75) is 32.4 Å². The van der Waals surface area contributed by atoms with Gasteiger partial charge in [-0.1, -0.05) is 19.2 Å². The Labute approximate surface area is 65.3 Å². The average Bonchev–Trinajstić information content (AvgIpc) is 1.88. The van der Waals surface area contributed by atoms with Crippen molar-refractivity contribution in [3.05, 3.63) is 12.2 Å². The molecule has 58 valence electrons. The van der Waals surface area contributed by atoms with E-state index in [4.69, 9.17) is 0 Å². The molecular formula is C8H16OSi. The van der Waals surface area contributed by atoms with E-state index in [9.17, 15) is 4.79 Å². The molecule has 0 saturated carbocycles. The maximum absolute atomic E-state index is 10.9. The van der Waals surface area contributed by atoms with Gasteiger partial charge in [-0.2, -0.15) is 0 Å². The third-order valence-electron chi connectivity index (χ3n) is 1.48. The first-order chi connectivity index (χ1) is 4.68. The van der Waals surface area contributed by atoms with Crippen LogP contribution < -0.4 is 0 Å². The third kappa shape index (κ3) is 4.50. The van der Waals surface area contributed by atoms with Crippen LogP contribution in [0, 0.1) is 0 Å². The molecule has 0 radical (unpaired) electrons. The Bertz CT molecular complexity index is 129. The molecule has 0 unspecified atom stereocenters. The summed E-state index contributed by atoms with van der Waals surface area (Å²) in [5, 5.41) is 0. The van der Waals surface area contributed by atoms with Gasteiger partial charge >= 0.3 is 0 Å². The Morgan fingerprint density at radius 2 is 2.20 bits per heavy atom. The molecule has 0 N–H and O–H groups in total. The SMILES string of the molecule is C=C(C)C(=O)CCC[SiH2]C. The lowest BCUT2D eigenvalue weighted by Crippen LogP contribution is -1.98. The number of carbonyl (C=O) groups excluding carboxylic acids is 1. The molecule has 0 amide bonds. The van der Waals surface area contributed by atoms with E-state index < -0.39 is 0 Å². The summed E-state index contributed by atoms with van der Waals surface area (Å²) in [5.41, 5.74) is 0.706. The summed E-state index contributed by atoms with van der Waals surface area (Å²) in [6, 6.07) is 1.29. The summed E-state index contributed by atoms with van der Waals surface area (Å²) in [6.45, 7) is 7.65. The zero-order chi connectivity index (χ0) is 7.98. The number of Topliss-reactive ketones (excluding diaryl/α,β-unsaturated/α-hetero) is 1. The fourth-order valence-corrected chi connectivity index (χ4v) is 1.50. The molecular weight excluding hydrogens is 140 g/mol. The van der Waals surface area contributed by atoms with Gasteiger partial charge in [-0.3, -0.25) is 4.79 Å². The lowest BCUT2D eigenvalue weighted by Gasteiger charge is -1.96. The van der Waals surface area contributed by atoms with Gasteiger partial charge in [0.25, 0.3) is 0 Å². The van der Waals surface area contributed by atoms with Crippen LogP contribution in [0.4, 0.5) is 0 Å². The molecule has 0 rings (SSSR count). The first-order valence-electron chi connectivity index (χ1n) is 3.87. The highest BCUT2D eigenvalue weighted by molar-refractivity contribution is 6.33. The average molecular weight is 156 g/mol. The van der Waals surface area contributed by atoms with Crippen LogP contribution in [0.5, 0.6) is 0 Å². The minimum atomic E-state index is 0.165. The van der Waals surface area contributed by atoms with Gasteiger partial charge in [0.05, 0.1) is 0 Å². The molecule has 10 heavy (non-hydrogen) atoms. The molecule has 0 atom stereocenters. The smallest absolute Gasteiger partial charge is 0.157 e. The fourth-order valence-electron chi connectivity index (χ4n) is 0.749. The van der Waals surface area contributed by atoms with Gasteiger partial charge in [0.1, 0.15) is 0 Å². The largest absolute Gasteiger partial charge is 0.295 e. The number of hydrogen-bond donors (Lipinski definition) is 0. The second kappa shape index (κ2) is 5.41.